The Bertz CT molecular complexity index is 481. The normalized spacial score (nSPS) is 16.8. The van der Waals surface area contributed by atoms with Crippen molar-refractivity contribution in [1.29, 1.82) is 0 Å². The van der Waals surface area contributed by atoms with E-state index in [0.29, 0.717) is 5.91 Å². The van der Waals surface area contributed by atoms with Crippen LogP contribution in [0.2, 0.25) is 0 Å². The number of piperidine rings is 1. The average Bonchev–Trinajstić information content (AvgIpc) is 2.54. The summed E-state index contributed by atoms with van der Waals surface area (Å²) in [4.78, 5) is 14.6. The third kappa shape index (κ3) is 4.34. The molecule has 1 aromatic rings. The predicted molar refractivity (Wildman–Crippen MR) is 92.9 cm³/mol. The van der Waals surface area contributed by atoms with E-state index in [4.69, 9.17) is 0 Å². The van der Waals surface area contributed by atoms with Gasteiger partial charge in [0, 0.05) is 18.5 Å². The smallest absolute Gasteiger partial charge is 0.228 e. The van der Waals surface area contributed by atoms with Crippen molar-refractivity contribution in [3.8, 4) is 0 Å². The number of benzene rings is 1. The third-order valence-corrected chi connectivity index (χ3v) is 5.33. The SMILES string of the molecule is CCC(C)(C)C(=O)N1CCC(CCc2ccc(C)cc2)CC1. The van der Waals surface area contributed by atoms with Crippen molar-refractivity contribution in [1.82, 2.24) is 4.90 Å². The summed E-state index contributed by atoms with van der Waals surface area (Å²) in [6.07, 6.45) is 5.66. The second kappa shape index (κ2) is 7.30. The van der Waals surface area contributed by atoms with Gasteiger partial charge in [-0.25, -0.2) is 0 Å². The number of carbonyl (C=O) groups is 1. The Morgan fingerprint density at radius 1 is 1.18 bits per heavy atom. The Hall–Kier alpha value is -1.31. The second-order valence-corrected chi connectivity index (χ2v) is 7.50. The van der Waals surface area contributed by atoms with Gasteiger partial charge in [-0.05, 0) is 50.5 Å². The Kier molecular flexibility index (Phi) is 5.66. The molecular formula is C20H31NO. The maximum Gasteiger partial charge on any atom is 0.228 e. The molecule has 122 valence electrons. The van der Waals surface area contributed by atoms with Crippen LogP contribution in [0, 0.1) is 18.3 Å². The van der Waals surface area contributed by atoms with E-state index in [0.717, 1.165) is 38.3 Å². The van der Waals surface area contributed by atoms with Crippen molar-refractivity contribution >= 4 is 5.91 Å². The highest BCUT2D eigenvalue weighted by Crippen LogP contribution is 2.28. The van der Waals surface area contributed by atoms with Crippen LogP contribution in [0.1, 0.15) is 57.6 Å². The summed E-state index contributed by atoms with van der Waals surface area (Å²) in [5, 5.41) is 0. The van der Waals surface area contributed by atoms with Crippen LogP contribution in [-0.2, 0) is 11.2 Å². The maximum atomic E-state index is 12.5. The van der Waals surface area contributed by atoms with Crippen molar-refractivity contribution < 1.29 is 4.79 Å². The van der Waals surface area contributed by atoms with Crippen molar-refractivity contribution in [2.75, 3.05) is 13.1 Å². The summed E-state index contributed by atoms with van der Waals surface area (Å²) in [5.74, 6) is 1.11. The van der Waals surface area contributed by atoms with Crippen LogP contribution in [0.5, 0.6) is 0 Å². The number of hydrogen-bond acceptors (Lipinski definition) is 1. The zero-order valence-corrected chi connectivity index (χ0v) is 14.7. The van der Waals surface area contributed by atoms with E-state index in [1.165, 1.54) is 24.0 Å². The van der Waals surface area contributed by atoms with Crippen molar-refractivity contribution in [3.63, 3.8) is 0 Å². The topological polar surface area (TPSA) is 20.3 Å². The molecule has 0 atom stereocenters. The molecule has 0 N–H and O–H groups in total. The van der Waals surface area contributed by atoms with E-state index < -0.39 is 0 Å². The molecule has 1 aliphatic heterocycles. The van der Waals surface area contributed by atoms with E-state index in [1.54, 1.807) is 0 Å². The zero-order chi connectivity index (χ0) is 16.2. The largest absolute Gasteiger partial charge is 0.342 e. The summed E-state index contributed by atoms with van der Waals surface area (Å²) in [7, 11) is 0. The number of hydrogen-bond donors (Lipinski definition) is 0. The highest BCUT2D eigenvalue weighted by atomic mass is 16.2. The first-order valence-electron chi connectivity index (χ1n) is 8.77. The zero-order valence-electron chi connectivity index (χ0n) is 14.7. The molecule has 2 heteroatoms. The highest BCUT2D eigenvalue weighted by molar-refractivity contribution is 5.81. The van der Waals surface area contributed by atoms with Crippen LogP contribution in [0.3, 0.4) is 0 Å². The van der Waals surface area contributed by atoms with Gasteiger partial charge in [-0.2, -0.15) is 0 Å². The van der Waals surface area contributed by atoms with Gasteiger partial charge in [0.15, 0.2) is 0 Å². The first-order chi connectivity index (χ1) is 10.4. The molecule has 0 radical (unpaired) electrons. The van der Waals surface area contributed by atoms with E-state index in [1.807, 2.05) is 0 Å². The molecule has 0 aliphatic carbocycles. The minimum atomic E-state index is -0.200. The van der Waals surface area contributed by atoms with Crippen molar-refractivity contribution in [2.45, 2.75) is 59.8 Å². The molecule has 0 spiro atoms. The Labute approximate surface area is 135 Å². The van der Waals surface area contributed by atoms with Gasteiger partial charge >= 0.3 is 0 Å². The molecule has 1 aliphatic rings. The standard InChI is InChI=1S/C20H31NO/c1-5-20(3,4)19(22)21-14-12-18(13-15-21)11-10-17-8-6-16(2)7-9-17/h6-9,18H,5,10-15H2,1-4H3. The fourth-order valence-electron chi connectivity index (χ4n) is 3.13. The minimum absolute atomic E-state index is 0.200. The molecular weight excluding hydrogens is 270 g/mol. The second-order valence-electron chi connectivity index (χ2n) is 7.50. The minimum Gasteiger partial charge on any atom is -0.342 e. The van der Waals surface area contributed by atoms with Gasteiger partial charge in [0.1, 0.15) is 0 Å². The molecule has 1 heterocycles. The summed E-state index contributed by atoms with van der Waals surface area (Å²) < 4.78 is 0. The van der Waals surface area contributed by atoms with E-state index in [2.05, 4.69) is 56.9 Å². The molecule has 1 amide bonds. The molecule has 0 aromatic heterocycles. The number of aryl methyl sites for hydroxylation is 2. The lowest BCUT2D eigenvalue weighted by Gasteiger charge is -2.36. The van der Waals surface area contributed by atoms with Crippen LogP contribution in [-0.4, -0.2) is 23.9 Å². The van der Waals surface area contributed by atoms with Crippen LogP contribution in [0.4, 0.5) is 0 Å². The molecule has 2 nitrogen and oxygen atoms in total. The lowest BCUT2D eigenvalue weighted by Crippen LogP contribution is -2.45. The summed E-state index contributed by atoms with van der Waals surface area (Å²) >= 11 is 0. The van der Waals surface area contributed by atoms with Crippen molar-refractivity contribution in [2.24, 2.45) is 11.3 Å². The van der Waals surface area contributed by atoms with Gasteiger partial charge < -0.3 is 4.90 Å². The van der Waals surface area contributed by atoms with E-state index >= 15 is 0 Å². The van der Waals surface area contributed by atoms with Gasteiger partial charge in [-0.15, -0.1) is 0 Å². The average molecular weight is 301 g/mol. The Morgan fingerprint density at radius 2 is 1.77 bits per heavy atom. The molecule has 2 rings (SSSR count). The molecule has 1 fully saturated rings. The summed E-state index contributed by atoms with van der Waals surface area (Å²) in [5.41, 5.74) is 2.57. The number of nitrogens with zero attached hydrogens (tertiary/aromatic N) is 1. The van der Waals surface area contributed by atoms with Gasteiger partial charge in [0.2, 0.25) is 5.91 Å². The predicted octanol–water partition coefficient (Wildman–Crippen LogP) is 4.60. The van der Waals surface area contributed by atoms with Gasteiger partial charge in [0.05, 0.1) is 0 Å². The molecule has 0 saturated carbocycles. The van der Waals surface area contributed by atoms with Crippen LogP contribution in [0.15, 0.2) is 24.3 Å². The lowest BCUT2D eigenvalue weighted by atomic mass is 9.85. The van der Waals surface area contributed by atoms with Gasteiger partial charge in [-0.3, -0.25) is 4.79 Å². The number of rotatable bonds is 5. The molecule has 0 unspecified atom stereocenters. The van der Waals surface area contributed by atoms with E-state index in [-0.39, 0.29) is 5.41 Å². The third-order valence-electron chi connectivity index (χ3n) is 5.33. The Balaban J connectivity index is 1.77. The summed E-state index contributed by atoms with van der Waals surface area (Å²) in [6, 6.07) is 8.89. The fourth-order valence-corrected chi connectivity index (χ4v) is 3.13. The Morgan fingerprint density at radius 3 is 2.32 bits per heavy atom. The lowest BCUT2D eigenvalue weighted by molar-refractivity contribution is -0.142. The monoisotopic (exact) mass is 301 g/mol. The number of carbonyl (C=O) groups excluding carboxylic acids is 1. The van der Waals surface area contributed by atoms with Crippen molar-refractivity contribution in [3.05, 3.63) is 35.4 Å². The molecule has 1 saturated heterocycles. The molecule has 0 bridgehead atoms. The quantitative estimate of drug-likeness (QED) is 0.778. The number of likely N-dealkylation sites (tertiary alicyclic amines) is 1. The summed E-state index contributed by atoms with van der Waals surface area (Å²) in [6.45, 7) is 10.3. The first kappa shape index (κ1) is 17.1. The van der Waals surface area contributed by atoms with Crippen LogP contribution in [0.25, 0.3) is 0 Å². The van der Waals surface area contributed by atoms with Gasteiger partial charge in [-0.1, -0.05) is 50.6 Å². The van der Waals surface area contributed by atoms with Gasteiger partial charge in [0.25, 0.3) is 0 Å². The molecule has 22 heavy (non-hydrogen) atoms. The number of amides is 1. The van der Waals surface area contributed by atoms with E-state index in [9.17, 15) is 4.79 Å². The molecule has 1 aromatic carbocycles. The highest BCUT2D eigenvalue weighted by Gasteiger charge is 2.32. The maximum absolute atomic E-state index is 12.5. The fraction of sp³-hybridized carbons (Fsp3) is 0.650. The van der Waals surface area contributed by atoms with Crippen LogP contribution >= 0.6 is 0 Å². The first-order valence-corrected chi connectivity index (χ1v) is 8.77. The van der Waals surface area contributed by atoms with Crippen LogP contribution < -0.4 is 0 Å².